The van der Waals surface area contributed by atoms with Crippen LogP contribution < -0.4 is 11.1 Å². The molecule has 1 heterocycles. The molecule has 1 saturated carbocycles. The summed E-state index contributed by atoms with van der Waals surface area (Å²) in [5.74, 6) is 0.853. The van der Waals surface area contributed by atoms with Crippen LogP contribution >= 0.6 is 11.3 Å². The van der Waals surface area contributed by atoms with Crippen LogP contribution in [0.1, 0.15) is 49.4 Å². The van der Waals surface area contributed by atoms with Gasteiger partial charge >= 0.3 is 0 Å². The zero-order valence-electron chi connectivity index (χ0n) is 10.5. The summed E-state index contributed by atoms with van der Waals surface area (Å²) in [6.07, 6.45) is 7.95. The Morgan fingerprint density at radius 1 is 1.35 bits per heavy atom. The lowest BCUT2D eigenvalue weighted by Crippen LogP contribution is -2.27. The van der Waals surface area contributed by atoms with E-state index in [1.54, 1.807) is 0 Å². The lowest BCUT2D eigenvalue weighted by Gasteiger charge is -2.23. The highest BCUT2D eigenvalue weighted by atomic mass is 32.1. The van der Waals surface area contributed by atoms with E-state index in [9.17, 15) is 0 Å². The molecule has 1 aliphatic carbocycles. The molecule has 1 unspecified atom stereocenters. The third-order valence-electron chi connectivity index (χ3n) is 3.72. The molecule has 0 bridgehead atoms. The fraction of sp³-hybridized carbons (Fsp3) is 0.714. The predicted octanol–water partition coefficient (Wildman–Crippen LogP) is 3.31. The SMILES string of the molecule is NCCCCNC(c1cccs1)C1CCCC1. The summed E-state index contributed by atoms with van der Waals surface area (Å²) in [5, 5.41) is 5.95. The van der Waals surface area contributed by atoms with Crippen LogP contribution in [0.5, 0.6) is 0 Å². The molecule has 1 aliphatic rings. The molecule has 3 N–H and O–H groups in total. The molecule has 1 fully saturated rings. The van der Waals surface area contributed by atoms with Crippen molar-refractivity contribution in [3.05, 3.63) is 22.4 Å². The van der Waals surface area contributed by atoms with Crippen molar-refractivity contribution in [2.45, 2.75) is 44.6 Å². The Morgan fingerprint density at radius 2 is 2.18 bits per heavy atom. The first-order chi connectivity index (χ1) is 8.42. The fourth-order valence-corrected chi connectivity index (χ4v) is 3.68. The second-order valence-electron chi connectivity index (χ2n) is 4.99. The van der Waals surface area contributed by atoms with E-state index in [0.29, 0.717) is 6.04 Å². The van der Waals surface area contributed by atoms with Crippen LogP contribution in [0.2, 0.25) is 0 Å². The van der Waals surface area contributed by atoms with Gasteiger partial charge in [0.1, 0.15) is 0 Å². The maximum Gasteiger partial charge on any atom is 0.0443 e. The van der Waals surface area contributed by atoms with Crippen LogP contribution in [0.4, 0.5) is 0 Å². The van der Waals surface area contributed by atoms with Gasteiger partial charge in [-0.2, -0.15) is 0 Å². The van der Waals surface area contributed by atoms with E-state index in [1.165, 1.54) is 37.0 Å². The molecule has 96 valence electrons. The summed E-state index contributed by atoms with van der Waals surface area (Å²) in [5.41, 5.74) is 5.54. The van der Waals surface area contributed by atoms with Gasteiger partial charge in [-0.3, -0.25) is 0 Å². The van der Waals surface area contributed by atoms with E-state index in [-0.39, 0.29) is 0 Å². The number of nitrogens with two attached hydrogens (primary N) is 1. The van der Waals surface area contributed by atoms with E-state index >= 15 is 0 Å². The highest BCUT2D eigenvalue weighted by Crippen LogP contribution is 2.37. The number of hydrogen-bond donors (Lipinski definition) is 2. The maximum atomic E-state index is 5.54. The fourth-order valence-electron chi connectivity index (χ4n) is 2.79. The molecule has 1 atom stereocenters. The molecule has 17 heavy (non-hydrogen) atoms. The van der Waals surface area contributed by atoms with Gasteiger partial charge in [-0.1, -0.05) is 18.9 Å². The Labute approximate surface area is 109 Å². The second kappa shape index (κ2) is 7.14. The first-order valence-electron chi connectivity index (χ1n) is 6.88. The summed E-state index contributed by atoms with van der Waals surface area (Å²) < 4.78 is 0. The quantitative estimate of drug-likeness (QED) is 0.731. The van der Waals surface area contributed by atoms with Crippen molar-refractivity contribution >= 4 is 11.3 Å². The van der Waals surface area contributed by atoms with Gasteiger partial charge in [-0.05, 0) is 56.1 Å². The first kappa shape index (κ1) is 13.1. The maximum absolute atomic E-state index is 5.54. The van der Waals surface area contributed by atoms with E-state index in [2.05, 4.69) is 22.8 Å². The minimum Gasteiger partial charge on any atom is -0.330 e. The topological polar surface area (TPSA) is 38.0 Å². The molecule has 1 aromatic rings. The smallest absolute Gasteiger partial charge is 0.0443 e. The van der Waals surface area contributed by atoms with Crippen LogP contribution in [0.15, 0.2) is 17.5 Å². The van der Waals surface area contributed by atoms with E-state index in [4.69, 9.17) is 5.73 Å². The highest BCUT2D eigenvalue weighted by Gasteiger charge is 2.26. The van der Waals surface area contributed by atoms with Gasteiger partial charge in [-0.15, -0.1) is 11.3 Å². The summed E-state index contributed by atoms with van der Waals surface area (Å²) in [4.78, 5) is 1.52. The second-order valence-corrected chi connectivity index (χ2v) is 5.97. The minimum absolute atomic E-state index is 0.593. The number of thiophene rings is 1. The van der Waals surface area contributed by atoms with Crippen molar-refractivity contribution in [3.63, 3.8) is 0 Å². The molecule has 0 spiro atoms. The van der Waals surface area contributed by atoms with E-state index < -0.39 is 0 Å². The number of hydrogen-bond acceptors (Lipinski definition) is 3. The monoisotopic (exact) mass is 252 g/mol. The molecule has 1 aromatic heterocycles. The molecule has 0 amide bonds. The standard InChI is InChI=1S/C14H24N2S/c15-9-3-4-10-16-14(12-6-1-2-7-12)13-8-5-11-17-13/h5,8,11-12,14,16H,1-4,6-7,9-10,15H2. The van der Waals surface area contributed by atoms with Gasteiger partial charge < -0.3 is 11.1 Å². The van der Waals surface area contributed by atoms with Gasteiger partial charge in [0, 0.05) is 10.9 Å². The lowest BCUT2D eigenvalue weighted by molar-refractivity contribution is 0.370. The molecular formula is C14H24N2S. The predicted molar refractivity (Wildman–Crippen MR) is 75.3 cm³/mol. The molecule has 0 aliphatic heterocycles. The van der Waals surface area contributed by atoms with Crippen molar-refractivity contribution in [1.29, 1.82) is 0 Å². The molecule has 0 saturated heterocycles. The number of rotatable bonds is 7. The minimum atomic E-state index is 0.593. The molecule has 3 heteroatoms. The lowest BCUT2D eigenvalue weighted by atomic mass is 9.96. The van der Waals surface area contributed by atoms with Gasteiger partial charge in [0.2, 0.25) is 0 Å². The summed E-state index contributed by atoms with van der Waals surface area (Å²) >= 11 is 1.89. The molecule has 0 radical (unpaired) electrons. The average molecular weight is 252 g/mol. The van der Waals surface area contributed by atoms with Crippen LogP contribution in [0.25, 0.3) is 0 Å². The normalized spacial score (nSPS) is 18.6. The van der Waals surface area contributed by atoms with Crippen molar-refractivity contribution in [1.82, 2.24) is 5.32 Å². The Balaban J connectivity index is 1.88. The number of unbranched alkanes of at least 4 members (excludes halogenated alkanes) is 1. The summed E-state index contributed by atoms with van der Waals surface area (Å²) in [6.45, 7) is 1.92. The van der Waals surface area contributed by atoms with E-state index in [0.717, 1.165) is 25.4 Å². The van der Waals surface area contributed by atoms with Crippen LogP contribution in [0.3, 0.4) is 0 Å². The van der Waals surface area contributed by atoms with Crippen LogP contribution in [-0.4, -0.2) is 13.1 Å². The zero-order chi connectivity index (χ0) is 11.9. The van der Waals surface area contributed by atoms with Crippen LogP contribution in [0, 0.1) is 5.92 Å². The van der Waals surface area contributed by atoms with Gasteiger partial charge in [-0.25, -0.2) is 0 Å². The molecule has 0 aromatic carbocycles. The van der Waals surface area contributed by atoms with Crippen molar-refractivity contribution in [3.8, 4) is 0 Å². The first-order valence-corrected chi connectivity index (χ1v) is 7.76. The third-order valence-corrected chi connectivity index (χ3v) is 4.67. The van der Waals surface area contributed by atoms with Gasteiger partial charge in [0.05, 0.1) is 0 Å². The Hall–Kier alpha value is -0.380. The Bertz CT molecular complexity index is 291. The largest absolute Gasteiger partial charge is 0.330 e. The van der Waals surface area contributed by atoms with Crippen molar-refractivity contribution in [2.24, 2.45) is 11.7 Å². The van der Waals surface area contributed by atoms with Crippen molar-refractivity contribution in [2.75, 3.05) is 13.1 Å². The van der Waals surface area contributed by atoms with Gasteiger partial charge in [0.15, 0.2) is 0 Å². The Kier molecular flexibility index (Phi) is 5.49. The summed E-state index contributed by atoms with van der Waals surface area (Å²) in [7, 11) is 0. The van der Waals surface area contributed by atoms with E-state index in [1.807, 2.05) is 11.3 Å². The molecular weight excluding hydrogens is 228 g/mol. The molecule has 2 rings (SSSR count). The van der Waals surface area contributed by atoms with Crippen LogP contribution in [-0.2, 0) is 0 Å². The summed E-state index contributed by atoms with van der Waals surface area (Å²) in [6, 6.07) is 5.04. The third kappa shape index (κ3) is 3.80. The number of nitrogens with one attached hydrogen (secondary N) is 1. The highest BCUT2D eigenvalue weighted by molar-refractivity contribution is 7.10. The zero-order valence-corrected chi connectivity index (χ0v) is 11.3. The molecule has 2 nitrogen and oxygen atoms in total. The average Bonchev–Trinajstić information content (AvgIpc) is 3.02. The van der Waals surface area contributed by atoms with Crippen molar-refractivity contribution < 1.29 is 0 Å². The van der Waals surface area contributed by atoms with Gasteiger partial charge in [0.25, 0.3) is 0 Å². The Morgan fingerprint density at radius 3 is 2.82 bits per heavy atom.